The van der Waals surface area contributed by atoms with E-state index in [9.17, 15) is 0 Å². The summed E-state index contributed by atoms with van der Waals surface area (Å²) >= 11 is 0. The zero-order chi connectivity index (χ0) is 44.4. The zero-order valence-corrected chi connectivity index (χ0v) is 37.8. The average molecular weight is 837 g/mol. The van der Waals surface area contributed by atoms with Crippen LogP contribution < -0.4 is 19.3 Å². The summed E-state index contributed by atoms with van der Waals surface area (Å²) in [5, 5.41) is 0. The molecule has 0 fully saturated rings. The van der Waals surface area contributed by atoms with E-state index in [0.717, 1.165) is 80.5 Å². The molecule has 0 atom stereocenters. The van der Waals surface area contributed by atoms with E-state index in [0.29, 0.717) is 0 Å². The van der Waals surface area contributed by atoms with E-state index in [1.807, 2.05) is 36.4 Å². The molecule has 8 rings (SSSR count). The minimum Gasteiger partial charge on any atom is -0.497 e. The molecule has 0 heterocycles. The number of para-hydroxylation sites is 2. The molecule has 0 aliphatic heterocycles. The molecule has 0 aromatic heterocycles. The summed E-state index contributed by atoms with van der Waals surface area (Å²) in [7, 11) is 3.40. The summed E-state index contributed by atoms with van der Waals surface area (Å²) < 4.78 is 10.9. The summed E-state index contributed by atoms with van der Waals surface area (Å²) in [5.41, 5.74) is 18.8. The van der Waals surface area contributed by atoms with Crippen molar-refractivity contribution in [1.29, 1.82) is 0 Å². The Morgan fingerprint density at radius 3 is 1.05 bits per heavy atom. The number of hydrogen-bond donors (Lipinski definition) is 0. The molecule has 0 N–H and O–H groups in total. The highest BCUT2D eigenvalue weighted by atomic mass is 16.5. The van der Waals surface area contributed by atoms with Gasteiger partial charge in [0.25, 0.3) is 0 Å². The van der Waals surface area contributed by atoms with Gasteiger partial charge in [-0.2, -0.15) is 0 Å². The molecule has 0 bridgehead atoms. The van der Waals surface area contributed by atoms with Crippen LogP contribution in [0.4, 0.5) is 34.1 Å². The zero-order valence-electron chi connectivity index (χ0n) is 37.8. The van der Waals surface area contributed by atoms with Crippen LogP contribution in [0.1, 0.15) is 58.4 Å². The van der Waals surface area contributed by atoms with E-state index < -0.39 is 0 Å². The highest BCUT2D eigenvalue weighted by Gasteiger charge is 2.20. The van der Waals surface area contributed by atoms with Crippen LogP contribution in [0.25, 0.3) is 35.4 Å². The fourth-order valence-corrected chi connectivity index (χ4v) is 8.41. The van der Waals surface area contributed by atoms with E-state index in [-0.39, 0.29) is 0 Å². The predicted octanol–water partition coefficient (Wildman–Crippen LogP) is 16.4. The minimum atomic E-state index is 0.851. The van der Waals surface area contributed by atoms with Crippen molar-refractivity contribution in [3.63, 3.8) is 0 Å². The molecule has 8 aromatic rings. The maximum atomic E-state index is 5.43. The van der Waals surface area contributed by atoms with Crippen molar-refractivity contribution in [2.24, 2.45) is 0 Å². The van der Waals surface area contributed by atoms with E-state index >= 15 is 0 Å². The van der Waals surface area contributed by atoms with Gasteiger partial charge in [-0.05, 0) is 155 Å². The van der Waals surface area contributed by atoms with Crippen LogP contribution >= 0.6 is 0 Å². The standard InChI is InChI=1S/C60H56N2O2/c1-7-49-17-9-13-43(3)59(49)61(53-33-25-45(26-34-53)21-23-47-15-11-19-57(41-47)63-5)55-37-29-51(30-38-55)52-31-39-56(40-32-52)62(60-44(4)14-10-18-50(60)8-2)54-35-27-46(28-36-54)22-24-48-16-12-20-58(42-48)64-6/h9-42H,7-8H2,1-6H3/b23-21+,24-22+. The Kier molecular flexibility index (Phi) is 13.5. The lowest BCUT2D eigenvalue weighted by atomic mass is 10.00. The summed E-state index contributed by atoms with van der Waals surface area (Å²) in [6, 6.07) is 65.1. The average Bonchev–Trinajstić information content (AvgIpc) is 3.35. The third-order valence-electron chi connectivity index (χ3n) is 11.9. The Balaban J connectivity index is 1.09. The van der Waals surface area contributed by atoms with Gasteiger partial charge in [0.1, 0.15) is 11.5 Å². The second-order valence-corrected chi connectivity index (χ2v) is 16.0. The predicted molar refractivity (Wildman–Crippen MR) is 273 cm³/mol. The largest absolute Gasteiger partial charge is 0.497 e. The third kappa shape index (κ3) is 9.72. The van der Waals surface area contributed by atoms with E-state index in [1.165, 1.54) is 33.6 Å². The highest BCUT2D eigenvalue weighted by Crippen LogP contribution is 2.42. The number of nitrogens with zero attached hydrogens (tertiary/aromatic N) is 2. The number of ether oxygens (including phenoxy) is 2. The van der Waals surface area contributed by atoms with Gasteiger partial charge < -0.3 is 19.3 Å². The molecule has 0 saturated heterocycles. The van der Waals surface area contributed by atoms with Gasteiger partial charge in [0.15, 0.2) is 0 Å². The lowest BCUT2D eigenvalue weighted by molar-refractivity contribution is 0.414. The second-order valence-electron chi connectivity index (χ2n) is 16.0. The van der Waals surface area contributed by atoms with Gasteiger partial charge >= 0.3 is 0 Å². The number of benzene rings is 8. The second kappa shape index (κ2) is 20.1. The molecular formula is C60H56N2O2. The smallest absolute Gasteiger partial charge is 0.119 e. The summed E-state index contributed by atoms with van der Waals surface area (Å²) in [6.45, 7) is 8.89. The Bertz CT molecular complexity index is 2670. The van der Waals surface area contributed by atoms with Crippen LogP contribution in [0.15, 0.2) is 182 Å². The molecule has 0 spiro atoms. The maximum Gasteiger partial charge on any atom is 0.119 e. The van der Waals surface area contributed by atoms with Crippen molar-refractivity contribution in [2.45, 2.75) is 40.5 Å². The van der Waals surface area contributed by atoms with Gasteiger partial charge in [-0.3, -0.25) is 0 Å². The van der Waals surface area contributed by atoms with Crippen LogP contribution in [0, 0.1) is 13.8 Å². The summed E-state index contributed by atoms with van der Waals surface area (Å²) in [6.07, 6.45) is 10.4. The Morgan fingerprint density at radius 2 is 0.703 bits per heavy atom. The van der Waals surface area contributed by atoms with Gasteiger partial charge in [-0.15, -0.1) is 0 Å². The highest BCUT2D eigenvalue weighted by molar-refractivity contribution is 5.85. The topological polar surface area (TPSA) is 24.9 Å². The molecule has 0 saturated carbocycles. The summed E-state index contributed by atoms with van der Waals surface area (Å²) in [4.78, 5) is 4.81. The molecule has 8 aromatic carbocycles. The molecule has 4 heteroatoms. The minimum absolute atomic E-state index is 0.851. The first-order chi connectivity index (χ1) is 31.3. The van der Waals surface area contributed by atoms with Gasteiger partial charge in [-0.1, -0.05) is 147 Å². The van der Waals surface area contributed by atoms with Crippen LogP contribution in [0.2, 0.25) is 0 Å². The molecule has 0 aliphatic rings. The van der Waals surface area contributed by atoms with Crippen LogP contribution in [0.3, 0.4) is 0 Å². The number of anilines is 6. The molecule has 0 aliphatic carbocycles. The molecule has 0 radical (unpaired) electrons. The van der Waals surface area contributed by atoms with E-state index in [1.54, 1.807) is 14.2 Å². The number of hydrogen-bond acceptors (Lipinski definition) is 4. The van der Waals surface area contributed by atoms with Crippen molar-refractivity contribution in [3.8, 4) is 22.6 Å². The molecule has 4 nitrogen and oxygen atoms in total. The SMILES string of the molecule is CCc1cccc(C)c1N(c1ccc(/C=C/c2cccc(OC)c2)cc1)c1ccc(-c2ccc(N(c3ccc(/C=C/c4cccc(OC)c4)cc3)c3c(C)cccc3CC)cc2)cc1. The van der Waals surface area contributed by atoms with Crippen LogP contribution in [-0.4, -0.2) is 14.2 Å². The van der Waals surface area contributed by atoms with Gasteiger partial charge in [0, 0.05) is 22.7 Å². The van der Waals surface area contributed by atoms with E-state index in [4.69, 9.17) is 9.47 Å². The molecular weight excluding hydrogens is 781 g/mol. The van der Waals surface area contributed by atoms with Gasteiger partial charge in [0.05, 0.1) is 25.6 Å². The van der Waals surface area contributed by atoms with Gasteiger partial charge in [0.2, 0.25) is 0 Å². The van der Waals surface area contributed by atoms with Gasteiger partial charge in [-0.25, -0.2) is 0 Å². The number of aryl methyl sites for hydroxylation is 4. The first-order valence-corrected chi connectivity index (χ1v) is 22.2. The lowest BCUT2D eigenvalue weighted by Gasteiger charge is -2.30. The molecule has 64 heavy (non-hydrogen) atoms. The fraction of sp³-hybridized carbons (Fsp3) is 0.133. The number of methoxy groups -OCH3 is 2. The third-order valence-corrected chi connectivity index (χ3v) is 11.9. The van der Waals surface area contributed by atoms with Crippen molar-refractivity contribution in [1.82, 2.24) is 0 Å². The molecule has 318 valence electrons. The molecule has 0 unspecified atom stereocenters. The first-order valence-electron chi connectivity index (χ1n) is 22.2. The lowest BCUT2D eigenvalue weighted by Crippen LogP contribution is -2.13. The monoisotopic (exact) mass is 836 g/mol. The summed E-state index contributed by atoms with van der Waals surface area (Å²) in [5.74, 6) is 1.70. The van der Waals surface area contributed by atoms with Crippen molar-refractivity contribution >= 4 is 58.4 Å². The quantitative estimate of drug-likeness (QED) is 0.0961. The van der Waals surface area contributed by atoms with Crippen molar-refractivity contribution in [2.75, 3.05) is 24.0 Å². The first kappa shape index (κ1) is 43.1. The normalized spacial score (nSPS) is 11.3. The number of rotatable bonds is 15. The maximum absolute atomic E-state index is 5.43. The van der Waals surface area contributed by atoms with Crippen molar-refractivity contribution in [3.05, 3.63) is 226 Å². The van der Waals surface area contributed by atoms with Crippen molar-refractivity contribution < 1.29 is 9.47 Å². The fourth-order valence-electron chi connectivity index (χ4n) is 8.41. The Labute approximate surface area is 380 Å². The van der Waals surface area contributed by atoms with Crippen LogP contribution in [0.5, 0.6) is 11.5 Å². The molecule has 0 amide bonds. The Hall–Kier alpha value is -7.56. The Morgan fingerprint density at radius 1 is 0.375 bits per heavy atom. The van der Waals surface area contributed by atoms with E-state index in [2.05, 4.69) is 207 Å². The van der Waals surface area contributed by atoms with Crippen LogP contribution in [-0.2, 0) is 12.8 Å².